The van der Waals surface area contributed by atoms with E-state index in [4.69, 9.17) is 0 Å². The molecule has 0 radical (unpaired) electrons. The molecule has 2 atom stereocenters. The predicted octanol–water partition coefficient (Wildman–Crippen LogP) is 4.18. The van der Waals surface area contributed by atoms with Gasteiger partial charge in [-0.05, 0) is 44.6 Å². The van der Waals surface area contributed by atoms with Crippen LogP contribution in [-0.4, -0.2) is 12.1 Å². The molecule has 1 aromatic carbocycles. The third kappa shape index (κ3) is 4.13. The summed E-state index contributed by atoms with van der Waals surface area (Å²) in [7, 11) is 0. The normalized spacial score (nSPS) is 20.6. The first kappa shape index (κ1) is 13.6. The van der Waals surface area contributed by atoms with E-state index < -0.39 is 0 Å². The van der Waals surface area contributed by atoms with Crippen molar-refractivity contribution in [3.8, 4) is 0 Å². The molecule has 1 fully saturated rings. The van der Waals surface area contributed by atoms with Gasteiger partial charge in [-0.25, -0.2) is 0 Å². The Morgan fingerprint density at radius 1 is 1.06 bits per heavy atom. The van der Waals surface area contributed by atoms with Crippen molar-refractivity contribution in [2.75, 3.05) is 0 Å². The molecule has 100 valence electrons. The molecule has 1 aliphatic carbocycles. The number of benzene rings is 1. The Morgan fingerprint density at radius 2 is 1.72 bits per heavy atom. The summed E-state index contributed by atoms with van der Waals surface area (Å²) in [5.41, 5.74) is 1.44. The summed E-state index contributed by atoms with van der Waals surface area (Å²) >= 11 is 0. The number of hydrogen-bond donors (Lipinski definition) is 1. The summed E-state index contributed by atoms with van der Waals surface area (Å²) in [6, 6.07) is 12.0. The molecular formula is C17H27N. The fourth-order valence-corrected chi connectivity index (χ4v) is 3.25. The molecule has 0 saturated heterocycles. The summed E-state index contributed by atoms with van der Waals surface area (Å²) in [4.78, 5) is 0. The molecule has 18 heavy (non-hydrogen) atoms. The van der Waals surface area contributed by atoms with Gasteiger partial charge in [0.25, 0.3) is 0 Å². The van der Waals surface area contributed by atoms with E-state index in [1.807, 2.05) is 0 Å². The molecule has 1 aromatic rings. The third-order valence-electron chi connectivity index (χ3n) is 4.29. The van der Waals surface area contributed by atoms with Crippen LogP contribution in [0, 0.1) is 5.92 Å². The van der Waals surface area contributed by atoms with Crippen molar-refractivity contribution in [2.24, 2.45) is 5.92 Å². The Labute approximate surface area is 112 Å². The van der Waals surface area contributed by atoms with E-state index in [9.17, 15) is 0 Å². The Kier molecular flexibility index (Phi) is 5.25. The first-order chi connectivity index (χ1) is 8.75. The van der Waals surface area contributed by atoms with Gasteiger partial charge in [0.2, 0.25) is 0 Å². The largest absolute Gasteiger partial charge is 0.311 e. The van der Waals surface area contributed by atoms with E-state index in [0.717, 1.165) is 12.3 Å². The van der Waals surface area contributed by atoms with Gasteiger partial charge in [0.15, 0.2) is 0 Å². The van der Waals surface area contributed by atoms with Crippen molar-refractivity contribution >= 4 is 0 Å². The maximum atomic E-state index is 3.80. The lowest BCUT2D eigenvalue weighted by atomic mass is 9.84. The zero-order valence-electron chi connectivity index (χ0n) is 11.9. The summed E-state index contributed by atoms with van der Waals surface area (Å²) < 4.78 is 0. The Morgan fingerprint density at radius 3 is 2.39 bits per heavy atom. The predicted molar refractivity (Wildman–Crippen MR) is 78.8 cm³/mol. The molecule has 2 rings (SSSR count). The minimum Gasteiger partial charge on any atom is -0.311 e. The van der Waals surface area contributed by atoms with Crippen molar-refractivity contribution in [1.29, 1.82) is 0 Å². The van der Waals surface area contributed by atoms with E-state index >= 15 is 0 Å². The SMILES string of the molecule is CC(Cc1ccccc1)NC(C)C1CCCCC1. The first-order valence-electron chi connectivity index (χ1n) is 7.55. The summed E-state index contributed by atoms with van der Waals surface area (Å²) in [6.45, 7) is 4.68. The summed E-state index contributed by atoms with van der Waals surface area (Å²) in [5, 5.41) is 3.80. The molecule has 0 amide bonds. The molecule has 1 heteroatoms. The zero-order chi connectivity index (χ0) is 12.8. The highest BCUT2D eigenvalue weighted by atomic mass is 14.9. The Hall–Kier alpha value is -0.820. The molecule has 2 unspecified atom stereocenters. The molecule has 0 aliphatic heterocycles. The van der Waals surface area contributed by atoms with Crippen LogP contribution in [0.25, 0.3) is 0 Å². The van der Waals surface area contributed by atoms with Crippen LogP contribution < -0.4 is 5.32 Å². The highest BCUT2D eigenvalue weighted by Crippen LogP contribution is 2.26. The highest BCUT2D eigenvalue weighted by Gasteiger charge is 2.20. The third-order valence-corrected chi connectivity index (χ3v) is 4.29. The van der Waals surface area contributed by atoms with Crippen molar-refractivity contribution in [2.45, 2.75) is 64.5 Å². The molecule has 0 heterocycles. The molecule has 1 N–H and O–H groups in total. The van der Waals surface area contributed by atoms with Gasteiger partial charge >= 0.3 is 0 Å². The van der Waals surface area contributed by atoms with E-state index in [1.54, 1.807) is 0 Å². The first-order valence-corrected chi connectivity index (χ1v) is 7.55. The van der Waals surface area contributed by atoms with Gasteiger partial charge < -0.3 is 5.32 Å². The average Bonchev–Trinajstić information content (AvgIpc) is 2.40. The number of hydrogen-bond acceptors (Lipinski definition) is 1. The molecule has 0 aromatic heterocycles. The minimum absolute atomic E-state index is 0.573. The average molecular weight is 245 g/mol. The Bertz CT molecular complexity index is 327. The quantitative estimate of drug-likeness (QED) is 0.820. The van der Waals surface area contributed by atoms with Crippen molar-refractivity contribution in [1.82, 2.24) is 5.32 Å². The molecule has 1 nitrogen and oxygen atoms in total. The summed E-state index contributed by atoms with van der Waals surface area (Å²) in [5.74, 6) is 0.900. The lowest BCUT2D eigenvalue weighted by Gasteiger charge is -2.30. The Balaban J connectivity index is 1.77. The highest BCUT2D eigenvalue weighted by molar-refractivity contribution is 5.15. The summed E-state index contributed by atoms with van der Waals surface area (Å²) in [6.07, 6.45) is 8.30. The molecule has 1 saturated carbocycles. The van der Waals surface area contributed by atoms with Crippen LogP contribution in [-0.2, 0) is 6.42 Å². The topological polar surface area (TPSA) is 12.0 Å². The van der Waals surface area contributed by atoms with Crippen LogP contribution in [0.3, 0.4) is 0 Å². The van der Waals surface area contributed by atoms with Crippen molar-refractivity contribution < 1.29 is 0 Å². The van der Waals surface area contributed by atoms with Crippen LogP contribution in [0.15, 0.2) is 30.3 Å². The van der Waals surface area contributed by atoms with Crippen LogP contribution in [0.2, 0.25) is 0 Å². The van der Waals surface area contributed by atoms with Crippen molar-refractivity contribution in [3.05, 3.63) is 35.9 Å². The lowest BCUT2D eigenvalue weighted by molar-refractivity contribution is 0.267. The van der Waals surface area contributed by atoms with Gasteiger partial charge in [0.05, 0.1) is 0 Å². The lowest BCUT2D eigenvalue weighted by Crippen LogP contribution is -2.41. The van der Waals surface area contributed by atoms with Crippen molar-refractivity contribution in [3.63, 3.8) is 0 Å². The maximum Gasteiger partial charge on any atom is 0.00817 e. The van der Waals surface area contributed by atoms with Crippen LogP contribution in [0.1, 0.15) is 51.5 Å². The molecular weight excluding hydrogens is 218 g/mol. The molecule has 1 aliphatic rings. The molecule has 0 spiro atoms. The van der Waals surface area contributed by atoms with E-state index in [1.165, 1.54) is 37.7 Å². The minimum atomic E-state index is 0.573. The van der Waals surface area contributed by atoms with E-state index in [0.29, 0.717) is 12.1 Å². The number of rotatable bonds is 5. The maximum absolute atomic E-state index is 3.80. The standard InChI is InChI=1S/C17H27N/c1-14(13-16-9-5-3-6-10-16)18-15(2)17-11-7-4-8-12-17/h3,5-6,9-10,14-15,17-18H,4,7-8,11-13H2,1-2H3. The second-order valence-electron chi connectivity index (χ2n) is 5.94. The van der Waals surface area contributed by atoms with Crippen LogP contribution in [0.4, 0.5) is 0 Å². The second kappa shape index (κ2) is 6.94. The zero-order valence-corrected chi connectivity index (χ0v) is 11.9. The van der Waals surface area contributed by atoms with Crippen LogP contribution in [0.5, 0.6) is 0 Å². The fourth-order valence-electron chi connectivity index (χ4n) is 3.25. The van der Waals surface area contributed by atoms with Gasteiger partial charge in [0, 0.05) is 12.1 Å². The monoisotopic (exact) mass is 245 g/mol. The smallest absolute Gasteiger partial charge is 0.00817 e. The van der Waals surface area contributed by atoms with Gasteiger partial charge in [-0.1, -0.05) is 49.6 Å². The van der Waals surface area contributed by atoms with Gasteiger partial charge in [0.1, 0.15) is 0 Å². The van der Waals surface area contributed by atoms with Crippen LogP contribution >= 0.6 is 0 Å². The fraction of sp³-hybridized carbons (Fsp3) is 0.647. The van der Waals surface area contributed by atoms with Gasteiger partial charge in [-0.15, -0.1) is 0 Å². The van der Waals surface area contributed by atoms with Gasteiger partial charge in [-0.3, -0.25) is 0 Å². The van der Waals surface area contributed by atoms with E-state index in [-0.39, 0.29) is 0 Å². The van der Waals surface area contributed by atoms with Gasteiger partial charge in [-0.2, -0.15) is 0 Å². The van der Waals surface area contributed by atoms with E-state index in [2.05, 4.69) is 49.5 Å². The molecule has 0 bridgehead atoms. The second-order valence-corrected chi connectivity index (χ2v) is 5.94. The number of nitrogens with one attached hydrogen (secondary N) is 1.